The Labute approximate surface area is 179 Å². The number of sulfonamides is 1. The molecular weight excluding hydrogens is 416 g/mol. The van der Waals surface area contributed by atoms with Crippen molar-refractivity contribution in [1.82, 2.24) is 14.6 Å². The number of benzene rings is 2. The molecule has 0 atom stereocenters. The second-order valence-electron chi connectivity index (χ2n) is 6.96. The molecule has 0 fully saturated rings. The van der Waals surface area contributed by atoms with E-state index in [1.165, 1.54) is 17.5 Å². The molecule has 0 bridgehead atoms. The van der Waals surface area contributed by atoms with Gasteiger partial charge in [-0.3, -0.25) is 9.10 Å². The number of rotatable bonds is 6. The zero-order valence-corrected chi connectivity index (χ0v) is 18.0. The lowest BCUT2D eigenvalue weighted by Gasteiger charge is -2.17. The van der Waals surface area contributed by atoms with Crippen molar-refractivity contribution in [2.75, 3.05) is 24.7 Å². The molecule has 2 aromatic heterocycles. The van der Waals surface area contributed by atoms with E-state index in [0.29, 0.717) is 33.9 Å². The molecule has 0 unspecified atom stereocenters. The summed E-state index contributed by atoms with van der Waals surface area (Å²) in [5.41, 5.74) is 3.23. The number of aromatic nitrogens is 3. The highest BCUT2D eigenvalue weighted by molar-refractivity contribution is 7.92. The van der Waals surface area contributed by atoms with Gasteiger partial charge in [0.2, 0.25) is 10.0 Å². The molecular formula is C22H20N4O4S. The van der Waals surface area contributed by atoms with Crippen LogP contribution in [0.3, 0.4) is 0 Å². The number of carbonyl (C=O) groups excluding carboxylic acids is 1. The van der Waals surface area contributed by atoms with Gasteiger partial charge in [0.15, 0.2) is 11.4 Å². The number of anilines is 1. The van der Waals surface area contributed by atoms with Crippen molar-refractivity contribution in [3.8, 4) is 17.0 Å². The second-order valence-corrected chi connectivity index (χ2v) is 8.98. The highest BCUT2D eigenvalue weighted by Crippen LogP contribution is 2.27. The van der Waals surface area contributed by atoms with Crippen LogP contribution in [0.5, 0.6) is 5.75 Å². The van der Waals surface area contributed by atoms with Crippen LogP contribution >= 0.6 is 0 Å². The van der Waals surface area contributed by atoms with Gasteiger partial charge < -0.3 is 4.74 Å². The maximum absolute atomic E-state index is 13.0. The summed E-state index contributed by atoms with van der Waals surface area (Å²) < 4.78 is 31.7. The Balaban J connectivity index is 1.77. The Morgan fingerprint density at radius 3 is 2.52 bits per heavy atom. The third-order valence-corrected chi connectivity index (χ3v) is 6.21. The fraction of sp³-hybridized carbons (Fsp3) is 0.136. The monoisotopic (exact) mass is 436 g/mol. The maximum atomic E-state index is 13.0. The van der Waals surface area contributed by atoms with Crippen LogP contribution in [0, 0.1) is 0 Å². The lowest BCUT2D eigenvalue weighted by molar-refractivity contribution is 0.104. The minimum absolute atomic E-state index is 0.201. The van der Waals surface area contributed by atoms with Gasteiger partial charge in [-0.15, -0.1) is 0 Å². The van der Waals surface area contributed by atoms with Crippen LogP contribution in [0.2, 0.25) is 0 Å². The van der Waals surface area contributed by atoms with Crippen LogP contribution < -0.4 is 9.04 Å². The van der Waals surface area contributed by atoms with Crippen molar-refractivity contribution in [2.45, 2.75) is 0 Å². The second kappa shape index (κ2) is 7.84. The number of hydrogen-bond donors (Lipinski definition) is 0. The molecule has 2 heterocycles. The van der Waals surface area contributed by atoms with Crippen molar-refractivity contribution in [1.29, 1.82) is 0 Å². The topological polar surface area (TPSA) is 93.9 Å². The largest absolute Gasteiger partial charge is 0.497 e. The van der Waals surface area contributed by atoms with E-state index in [9.17, 15) is 13.2 Å². The van der Waals surface area contributed by atoms with Crippen molar-refractivity contribution in [3.05, 3.63) is 78.1 Å². The standard InChI is InChI=1S/C22H20N4O4S/c1-25(31(3,28)29)17-6-4-5-16(13-17)20-11-12-23-22-19(14-24-26(20)22)21(27)15-7-9-18(30-2)10-8-15/h4-14H,1-3H3. The average Bonchev–Trinajstić information content (AvgIpc) is 3.22. The molecule has 31 heavy (non-hydrogen) atoms. The van der Waals surface area contributed by atoms with Crippen LogP contribution in [-0.4, -0.2) is 49.2 Å². The van der Waals surface area contributed by atoms with E-state index in [1.54, 1.807) is 66.4 Å². The molecule has 4 aromatic rings. The van der Waals surface area contributed by atoms with Gasteiger partial charge in [0.1, 0.15) is 5.75 Å². The molecule has 0 radical (unpaired) electrons. The van der Waals surface area contributed by atoms with Crippen LogP contribution in [-0.2, 0) is 10.0 Å². The minimum atomic E-state index is -3.40. The zero-order valence-electron chi connectivity index (χ0n) is 17.2. The van der Waals surface area contributed by atoms with Crippen LogP contribution in [0.1, 0.15) is 15.9 Å². The molecule has 9 heteroatoms. The average molecular weight is 436 g/mol. The Bertz CT molecular complexity index is 1380. The Hall–Kier alpha value is -3.72. The van der Waals surface area contributed by atoms with E-state index >= 15 is 0 Å². The molecule has 158 valence electrons. The van der Waals surface area contributed by atoms with Gasteiger partial charge in [0, 0.05) is 24.4 Å². The number of nitrogens with zero attached hydrogens (tertiary/aromatic N) is 4. The van der Waals surface area contributed by atoms with Gasteiger partial charge in [-0.2, -0.15) is 5.10 Å². The van der Waals surface area contributed by atoms with Crippen molar-refractivity contribution < 1.29 is 17.9 Å². The SMILES string of the molecule is COc1ccc(C(=O)c2cnn3c(-c4cccc(N(C)S(C)(=O)=O)c4)ccnc23)cc1. The lowest BCUT2D eigenvalue weighted by atomic mass is 10.1. The predicted octanol–water partition coefficient (Wildman–Crippen LogP) is 3.03. The molecule has 4 rings (SSSR count). The third-order valence-electron chi connectivity index (χ3n) is 5.00. The zero-order chi connectivity index (χ0) is 22.2. The van der Waals surface area contributed by atoms with Gasteiger partial charge in [-0.05, 0) is 42.5 Å². The predicted molar refractivity (Wildman–Crippen MR) is 118 cm³/mol. The molecule has 0 N–H and O–H groups in total. The minimum Gasteiger partial charge on any atom is -0.497 e. The van der Waals surface area contributed by atoms with Gasteiger partial charge in [0.25, 0.3) is 0 Å². The number of ether oxygens (including phenoxy) is 1. The lowest BCUT2D eigenvalue weighted by Crippen LogP contribution is -2.24. The fourth-order valence-electron chi connectivity index (χ4n) is 3.22. The van der Waals surface area contributed by atoms with Gasteiger partial charge in [0.05, 0.1) is 36.5 Å². The first-order chi connectivity index (χ1) is 14.8. The van der Waals surface area contributed by atoms with E-state index in [0.717, 1.165) is 11.8 Å². The van der Waals surface area contributed by atoms with Gasteiger partial charge in [-0.25, -0.2) is 17.9 Å². The van der Waals surface area contributed by atoms with Crippen LogP contribution in [0.25, 0.3) is 16.9 Å². The van der Waals surface area contributed by atoms with E-state index in [-0.39, 0.29) is 5.78 Å². The number of methoxy groups -OCH3 is 1. The highest BCUT2D eigenvalue weighted by atomic mass is 32.2. The smallest absolute Gasteiger partial charge is 0.231 e. The quantitative estimate of drug-likeness (QED) is 0.431. The number of fused-ring (bicyclic) bond motifs is 1. The molecule has 0 saturated heterocycles. The summed E-state index contributed by atoms with van der Waals surface area (Å²) in [6, 6.07) is 15.7. The summed E-state index contributed by atoms with van der Waals surface area (Å²) in [5.74, 6) is 0.462. The molecule has 0 aliphatic rings. The van der Waals surface area contributed by atoms with Crippen LogP contribution in [0.15, 0.2) is 67.0 Å². The number of carbonyl (C=O) groups is 1. The molecule has 0 spiro atoms. The molecule has 2 aromatic carbocycles. The number of ketones is 1. The van der Waals surface area contributed by atoms with Gasteiger partial charge >= 0.3 is 0 Å². The summed E-state index contributed by atoms with van der Waals surface area (Å²) >= 11 is 0. The first-order valence-electron chi connectivity index (χ1n) is 9.35. The van der Waals surface area contributed by atoms with E-state index in [1.807, 2.05) is 6.07 Å². The molecule has 0 aliphatic carbocycles. The number of hydrogen-bond acceptors (Lipinski definition) is 6. The molecule has 0 amide bonds. The summed E-state index contributed by atoms with van der Waals surface area (Å²) in [5, 5.41) is 4.38. The summed E-state index contributed by atoms with van der Waals surface area (Å²) in [6.45, 7) is 0. The summed E-state index contributed by atoms with van der Waals surface area (Å²) in [6.07, 6.45) is 4.24. The summed E-state index contributed by atoms with van der Waals surface area (Å²) in [7, 11) is -0.333. The molecule has 8 nitrogen and oxygen atoms in total. The highest BCUT2D eigenvalue weighted by Gasteiger charge is 2.19. The fourth-order valence-corrected chi connectivity index (χ4v) is 3.72. The maximum Gasteiger partial charge on any atom is 0.231 e. The van der Waals surface area contributed by atoms with Gasteiger partial charge in [-0.1, -0.05) is 12.1 Å². The third kappa shape index (κ3) is 3.87. The van der Waals surface area contributed by atoms with Crippen molar-refractivity contribution >= 4 is 27.1 Å². The van der Waals surface area contributed by atoms with E-state index < -0.39 is 10.0 Å². The Morgan fingerprint density at radius 1 is 1.10 bits per heavy atom. The normalized spacial score (nSPS) is 11.5. The van der Waals surface area contributed by atoms with Crippen molar-refractivity contribution in [2.24, 2.45) is 0 Å². The Kier molecular flexibility index (Phi) is 5.20. The van der Waals surface area contributed by atoms with Crippen LogP contribution in [0.4, 0.5) is 5.69 Å². The van der Waals surface area contributed by atoms with E-state index in [4.69, 9.17) is 4.74 Å². The van der Waals surface area contributed by atoms with E-state index in [2.05, 4.69) is 10.1 Å². The Morgan fingerprint density at radius 2 is 1.84 bits per heavy atom. The first kappa shape index (κ1) is 20.5. The van der Waals surface area contributed by atoms with Crippen molar-refractivity contribution in [3.63, 3.8) is 0 Å². The summed E-state index contributed by atoms with van der Waals surface area (Å²) in [4.78, 5) is 17.4. The molecule has 0 aliphatic heterocycles. The molecule has 0 saturated carbocycles. The first-order valence-corrected chi connectivity index (χ1v) is 11.2.